The van der Waals surface area contributed by atoms with Gasteiger partial charge < -0.3 is 19.9 Å². The van der Waals surface area contributed by atoms with E-state index in [0.29, 0.717) is 5.69 Å². The standard InChI is InChI=1S/C17H24F3N3O2/c1-2-22-8-10-23(11-9-22)15-6-4-3-5-14(15)21-16(24)7-12-25-13-17(18,19)20/h3-6H,2,7-13H2,1H3,(H,21,24). The lowest BCUT2D eigenvalue weighted by molar-refractivity contribution is -0.174. The van der Waals surface area contributed by atoms with Crippen molar-refractivity contribution in [1.82, 2.24) is 4.90 Å². The Morgan fingerprint density at radius 3 is 2.52 bits per heavy atom. The monoisotopic (exact) mass is 359 g/mol. The van der Waals surface area contributed by atoms with Gasteiger partial charge in [0.15, 0.2) is 0 Å². The van der Waals surface area contributed by atoms with Crippen LogP contribution >= 0.6 is 0 Å². The number of likely N-dealkylation sites (N-methyl/N-ethyl adjacent to an activating group) is 1. The summed E-state index contributed by atoms with van der Waals surface area (Å²) >= 11 is 0. The first-order valence-corrected chi connectivity index (χ1v) is 8.39. The van der Waals surface area contributed by atoms with Crippen molar-refractivity contribution in [3.63, 3.8) is 0 Å². The van der Waals surface area contributed by atoms with Crippen LogP contribution in [0.25, 0.3) is 0 Å². The van der Waals surface area contributed by atoms with Crippen LogP contribution in [-0.4, -0.2) is 62.9 Å². The number of amides is 1. The van der Waals surface area contributed by atoms with Crippen molar-refractivity contribution >= 4 is 17.3 Å². The van der Waals surface area contributed by atoms with Crippen LogP contribution in [-0.2, 0) is 9.53 Å². The highest BCUT2D eigenvalue weighted by Crippen LogP contribution is 2.26. The number of ether oxygens (including phenoxy) is 1. The van der Waals surface area contributed by atoms with Crippen molar-refractivity contribution in [2.45, 2.75) is 19.5 Å². The number of para-hydroxylation sites is 2. The van der Waals surface area contributed by atoms with Crippen LogP contribution in [0.4, 0.5) is 24.5 Å². The zero-order valence-corrected chi connectivity index (χ0v) is 14.3. The molecule has 0 aromatic heterocycles. The summed E-state index contributed by atoms with van der Waals surface area (Å²) < 4.78 is 40.5. The van der Waals surface area contributed by atoms with Crippen molar-refractivity contribution in [2.24, 2.45) is 0 Å². The molecule has 1 fully saturated rings. The molecule has 0 aliphatic carbocycles. The van der Waals surface area contributed by atoms with Gasteiger partial charge in [-0.2, -0.15) is 13.2 Å². The largest absolute Gasteiger partial charge is 0.411 e. The number of anilines is 2. The maximum atomic E-state index is 12.0. The Morgan fingerprint density at radius 1 is 1.20 bits per heavy atom. The lowest BCUT2D eigenvalue weighted by Crippen LogP contribution is -2.46. The average Bonchev–Trinajstić information content (AvgIpc) is 2.59. The summed E-state index contributed by atoms with van der Waals surface area (Å²) in [5.41, 5.74) is 1.61. The molecule has 1 amide bonds. The van der Waals surface area contributed by atoms with Crippen LogP contribution in [0.15, 0.2) is 24.3 Å². The first-order chi connectivity index (χ1) is 11.9. The van der Waals surface area contributed by atoms with Gasteiger partial charge in [0, 0.05) is 26.2 Å². The van der Waals surface area contributed by atoms with Gasteiger partial charge in [0.2, 0.25) is 5.91 Å². The van der Waals surface area contributed by atoms with Crippen molar-refractivity contribution in [1.29, 1.82) is 0 Å². The topological polar surface area (TPSA) is 44.8 Å². The van der Waals surface area contributed by atoms with Gasteiger partial charge in [-0.15, -0.1) is 0 Å². The number of piperazine rings is 1. The predicted molar refractivity (Wildman–Crippen MR) is 90.9 cm³/mol. The third-order valence-electron chi connectivity index (χ3n) is 4.08. The molecule has 0 atom stereocenters. The van der Waals surface area contributed by atoms with E-state index in [-0.39, 0.29) is 18.9 Å². The van der Waals surface area contributed by atoms with Crippen molar-refractivity contribution in [2.75, 3.05) is 56.2 Å². The predicted octanol–water partition coefficient (Wildman–Crippen LogP) is 2.74. The third-order valence-corrected chi connectivity index (χ3v) is 4.08. The molecule has 2 rings (SSSR count). The SMILES string of the molecule is CCN1CCN(c2ccccc2NC(=O)CCOCC(F)(F)F)CC1. The number of carbonyl (C=O) groups is 1. The maximum Gasteiger partial charge on any atom is 0.411 e. The lowest BCUT2D eigenvalue weighted by Gasteiger charge is -2.36. The lowest BCUT2D eigenvalue weighted by atomic mass is 10.2. The van der Waals surface area contributed by atoms with E-state index in [1.54, 1.807) is 6.07 Å². The second-order valence-electron chi connectivity index (χ2n) is 5.90. The molecule has 8 heteroatoms. The van der Waals surface area contributed by atoms with Crippen LogP contribution in [0, 0.1) is 0 Å². The molecule has 1 aliphatic heterocycles. The number of rotatable bonds is 7. The van der Waals surface area contributed by atoms with E-state index in [4.69, 9.17) is 0 Å². The van der Waals surface area contributed by atoms with Crippen molar-refractivity contribution in [3.8, 4) is 0 Å². The summed E-state index contributed by atoms with van der Waals surface area (Å²) in [4.78, 5) is 16.5. The molecule has 1 heterocycles. The molecule has 1 aliphatic rings. The number of nitrogens with one attached hydrogen (secondary N) is 1. The van der Waals surface area contributed by atoms with Gasteiger partial charge >= 0.3 is 6.18 Å². The first-order valence-electron chi connectivity index (χ1n) is 8.39. The normalized spacial score (nSPS) is 16.1. The minimum Gasteiger partial charge on any atom is -0.372 e. The first kappa shape index (κ1) is 19.5. The smallest absolute Gasteiger partial charge is 0.372 e. The van der Waals surface area contributed by atoms with Gasteiger partial charge in [0.25, 0.3) is 0 Å². The van der Waals surface area contributed by atoms with Crippen LogP contribution < -0.4 is 10.2 Å². The molecule has 0 unspecified atom stereocenters. The highest BCUT2D eigenvalue weighted by Gasteiger charge is 2.27. The molecular weight excluding hydrogens is 335 g/mol. The molecule has 1 aromatic carbocycles. The Labute approximate surface area is 145 Å². The number of carbonyl (C=O) groups excluding carboxylic acids is 1. The Kier molecular flexibility index (Phi) is 7.07. The Bertz CT molecular complexity index is 558. The minimum absolute atomic E-state index is 0.117. The highest BCUT2D eigenvalue weighted by molar-refractivity contribution is 5.94. The molecule has 25 heavy (non-hydrogen) atoms. The van der Waals surface area contributed by atoms with Crippen LogP contribution in [0.1, 0.15) is 13.3 Å². The van der Waals surface area contributed by atoms with E-state index in [9.17, 15) is 18.0 Å². The van der Waals surface area contributed by atoms with E-state index in [2.05, 4.69) is 26.8 Å². The van der Waals surface area contributed by atoms with E-state index < -0.39 is 12.8 Å². The van der Waals surface area contributed by atoms with E-state index in [0.717, 1.165) is 38.4 Å². The summed E-state index contributed by atoms with van der Waals surface area (Å²) in [6.45, 7) is 5.22. The summed E-state index contributed by atoms with van der Waals surface area (Å²) in [5, 5.41) is 2.78. The fraction of sp³-hybridized carbons (Fsp3) is 0.588. The summed E-state index contributed by atoms with van der Waals surface area (Å²) in [6.07, 6.45) is -4.49. The molecule has 5 nitrogen and oxygen atoms in total. The summed E-state index contributed by atoms with van der Waals surface area (Å²) in [6, 6.07) is 7.47. The van der Waals surface area contributed by atoms with Crippen LogP contribution in [0.5, 0.6) is 0 Å². The molecule has 1 saturated heterocycles. The van der Waals surface area contributed by atoms with E-state index >= 15 is 0 Å². The van der Waals surface area contributed by atoms with E-state index in [1.807, 2.05) is 18.2 Å². The molecular formula is C17H24F3N3O2. The fourth-order valence-electron chi connectivity index (χ4n) is 2.73. The second-order valence-corrected chi connectivity index (χ2v) is 5.90. The Morgan fingerprint density at radius 2 is 1.88 bits per heavy atom. The number of alkyl halides is 3. The molecule has 140 valence electrons. The maximum absolute atomic E-state index is 12.0. The fourth-order valence-corrected chi connectivity index (χ4v) is 2.73. The molecule has 0 spiro atoms. The average molecular weight is 359 g/mol. The molecule has 0 saturated carbocycles. The van der Waals surface area contributed by atoms with Gasteiger partial charge in [-0.3, -0.25) is 4.79 Å². The van der Waals surface area contributed by atoms with Crippen LogP contribution in [0.3, 0.4) is 0 Å². The van der Waals surface area contributed by atoms with E-state index in [1.165, 1.54) is 0 Å². The molecule has 0 bridgehead atoms. The van der Waals surface area contributed by atoms with Gasteiger partial charge in [0.1, 0.15) is 6.61 Å². The number of hydrogen-bond acceptors (Lipinski definition) is 4. The highest BCUT2D eigenvalue weighted by atomic mass is 19.4. The van der Waals surface area contributed by atoms with Gasteiger partial charge in [0.05, 0.1) is 24.4 Å². The van der Waals surface area contributed by atoms with Gasteiger partial charge in [-0.25, -0.2) is 0 Å². The number of benzene rings is 1. The third kappa shape index (κ3) is 6.55. The number of hydrogen-bond donors (Lipinski definition) is 1. The number of halogens is 3. The van der Waals surface area contributed by atoms with Gasteiger partial charge in [-0.1, -0.05) is 19.1 Å². The summed E-state index contributed by atoms with van der Waals surface area (Å²) in [5.74, 6) is -0.359. The summed E-state index contributed by atoms with van der Waals surface area (Å²) in [7, 11) is 0. The quantitative estimate of drug-likeness (QED) is 0.761. The molecule has 1 N–H and O–H groups in total. The van der Waals surface area contributed by atoms with Crippen LogP contribution in [0.2, 0.25) is 0 Å². The second kappa shape index (κ2) is 9.05. The Hall–Kier alpha value is -1.80. The van der Waals surface area contributed by atoms with Crippen molar-refractivity contribution in [3.05, 3.63) is 24.3 Å². The zero-order valence-electron chi connectivity index (χ0n) is 14.3. The van der Waals surface area contributed by atoms with Gasteiger partial charge in [-0.05, 0) is 18.7 Å². The van der Waals surface area contributed by atoms with Crippen molar-refractivity contribution < 1.29 is 22.7 Å². The number of nitrogens with zero attached hydrogens (tertiary/aromatic N) is 2. The Balaban J connectivity index is 1.87. The molecule has 1 aromatic rings. The minimum atomic E-state index is -4.37. The molecule has 0 radical (unpaired) electrons. The zero-order chi connectivity index (χ0) is 18.3.